The molecule has 0 aliphatic carbocycles. The summed E-state index contributed by atoms with van der Waals surface area (Å²) in [6.07, 6.45) is 0.993. The quantitative estimate of drug-likeness (QED) is 0.433. The molecule has 1 N–H and O–H groups in total. The van der Waals surface area contributed by atoms with Crippen LogP contribution in [0, 0.1) is 6.92 Å². The minimum absolute atomic E-state index is 0. The van der Waals surface area contributed by atoms with Crippen molar-refractivity contribution in [2.75, 3.05) is 14.1 Å². The van der Waals surface area contributed by atoms with Crippen molar-refractivity contribution in [3.8, 4) is 0 Å². The Kier molecular flexibility index (Phi) is 8.54. The zero-order valence-corrected chi connectivity index (χ0v) is 17.3. The van der Waals surface area contributed by atoms with Gasteiger partial charge in [-0.2, -0.15) is 0 Å². The summed E-state index contributed by atoms with van der Waals surface area (Å²) in [5, 5.41) is 6.67. The molecule has 23 heavy (non-hydrogen) atoms. The van der Waals surface area contributed by atoms with E-state index in [1.54, 1.807) is 11.3 Å². The molecule has 0 saturated heterocycles. The van der Waals surface area contributed by atoms with E-state index < -0.39 is 0 Å². The molecule has 0 saturated carbocycles. The fourth-order valence-electron chi connectivity index (χ4n) is 2.19. The molecule has 2 aromatic rings. The predicted octanol–water partition coefficient (Wildman–Crippen LogP) is 3.84. The van der Waals surface area contributed by atoms with Crippen molar-refractivity contribution >= 4 is 41.3 Å². The number of rotatable bonds is 5. The van der Waals surface area contributed by atoms with E-state index in [2.05, 4.69) is 63.7 Å². The second-order valence-corrected chi connectivity index (χ2v) is 6.27. The minimum Gasteiger partial charge on any atom is -0.351 e. The van der Waals surface area contributed by atoms with E-state index >= 15 is 0 Å². The van der Waals surface area contributed by atoms with Crippen molar-refractivity contribution in [1.29, 1.82) is 0 Å². The highest BCUT2D eigenvalue weighted by atomic mass is 127. The van der Waals surface area contributed by atoms with Gasteiger partial charge in [-0.05, 0) is 18.9 Å². The lowest BCUT2D eigenvalue weighted by Gasteiger charge is -2.22. The Bertz CT molecular complexity index is 622. The number of aromatic nitrogens is 1. The summed E-state index contributed by atoms with van der Waals surface area (Å²) in [6.45, 7) is 5.77. The second kappa shape index (κ2) is 9.87. The van der Waals surface area contributed by atoms with Crippen molar-refractivity contribution in [3.05, 3.63) is 51.5 Å². The lowest BCUT2D eigenvalue weighted by atomic mass is 10.1. The van der Waals surface area contributed by atoms with E-state index in [0.717, 1.165) is 24.6 Å². The van der Waals surface area contributed by atoms with E-state index in [1.807, 2.05) is 14.1 Å². The molecular formula is C17H25IN4S. The Morgan fingerprint density at radius 2 is 2.00 bits per heavy atom. The first-order valence-corrected chi connectivity index (χ1v) is 8.41. The molecule has 0 unspecified atom stereocenters. The van der Waals surface area contributed by atoms with E-state index in [-0.39, 0.29) is 24.0 Å². The molecule has 0 amide bonds. The monoisotopic (exact) mass is 444 g/mol. The maximum atomic E-state index is 4.57. The van der Waals surface area contributed by atoms with E-state index in [0.29, 0.717) is 6.54 Å². The molecule has 2 rings (SSSR count). The fourth-order valence-corrected chi connectivity index (χ4v) is 2.93. The largest absolute Gasteiger partial charge is 0.351 e. The number of halogens is 1. The first-order chi connectivity index (χ1) is 10.6. The van der Waals surface area contributed by atoms with Gasteiger partial charge in [-0.15, -0.1) is 35.3 Å². The molecule has 6 heteroatoms. The lowest BCUT2D eigenvalue weighted by Crippen LogP contribution is -2.38. The smallest absolute Gasteiger partial charge is 0.194 e. The SMILES string of the molecule is CCc1nc(CNC(=NC)N(C)Cc2ccc(C)cc2)cs1.I. The second-order valence-electron chi connectivity index (χ2n) is 5.33. The number of nitrogens with one attached hydrogen (secondary N) is 1. The third-order valence-corrected chi connectivity index (χ3v) is 4.49. The zero-order valence-electron chi connectivity index (χ0n) is 14.2. The summed E-state index contributed by atoms with van der Waals surface area (Å²) >= 11 is 1.72. The van der Waals surface area contributed by atoms with E-state index in [9.17, 15) is 0 Å². The standard InChI is InChI=1S/C17H24N4S.HI/c1-5-16-20-15(12-22-16)10-19-17(18-3)21(4)11-14-8-6-13(2)7-9-14;/h6-9,12H,5,10-11H2,1-4H3,(H,18,19);1H. The average Bonchev–Trinajstić information content (AvgIpc) is 2.98. The number of guanidine groups is 1. The van der Waals surface area contributed by atoms with Gasteiger partial charge in [-0.25, -0.2) is 4.98 Å². The van der Waals surface area contributed by atoms with Crippen molar-refractivity contribution < 1.29 is 0 Å². The molecule has 126 valence electrons. The summed E-state index contributed by atoms with van der Waals surface area (Å²) < 4.78 is 0. The molecule has 1 aromatic carbocycles. The van der Waals surface area contributed by atoms with Crippen LogP contribution in [0.3, 0.4) is 0 Å². The first kappa shape index (κ1) is 19.9. The molecule has 4 nitrogen and oxygen atoms in total. The molecule has 0 bridgehead atoms. The molecule has 0 fully saturated rings. The number of hydrogen-bond donors (Lipinski definition) is 1. The Hall–Kier alpha value is -1.15. The number of benzene rings is 1. The molecule has 1 heterocycles. The van der Waals surface area contributed by atoms with Crippen LogP contribution in [-0.4, -0.2) is 29.9 Å². The van der Waals surface area contributed by atoms with Crippen LogP contribution >= 0.6 is 35.3 Å². The molecule has 1 aromatic heterocycles. The summed E-state index contributed by atoms with van der Waals surface area (Å²) in [5.41, 5.74) is 3.63. The molecule has 0 spiro atoms. The van der Waals surface area contributed by atoms with Crippen LogP contribution in [0.2, 0.25) is 0 Å². The molecular weight excluding hydrogens is 419 g/mol. The third kappa shape index (κ3) is 6.10. The lowest BCUT2D eigenvalue weighted by molar-refractivity contribution is 0.476. The Morgan fingerprint density at radius 1 is 1.30 bits per heavy atom. The van der Waals surface area contributed by atoms with Gasteiger partial charge in [0.2, 0.25) is 0 Å². The predicted molar refractivity (Wildman–Crippen MR) is 110 cm³/mol. The number of nitrogens with zero attached hydrogens (tertiary/aromatic N) is 3. The van der Waals surface area contributed by atoms with Crippen LogP contribution < -0.4 is 5.32 Å². The van der Waals surface area contributed by atoms with Gasteiger partial charge in [0.25, 0.3) is 0 Å². The average molecular weight is 444 g/mol. The number of aryl methyl sites for hydroxylation is 2. The summed E-state index contributed by atoms with van der Waals surface area (Å²) in [5.74, 6) is 0.881. The summed E-state index contributed by atoms with van der Waals surface area (Å²) in [4.78, 5) is 11.0. The molecule has 0 aliphatic heterocycles. The van der Waals surface area contributed by atoms with Gasteiger partial charge in [0.15, 0.2) is 5.96 Å². The summed E-state index contributed by atoms with van der Waals surface area (Å²) in [7, 11) is 3.86. The highest BCUT2D eigenvalue weighted by Gasteiger charge is 2.08. The Morgan fingerprint density at radius 3 is 2.57 bits per heavy atom. The van der Waals surface area contributed by atoms with Gasteiger partial charge in [0.05, 0.1) is 17.2 Å². The number of aliphatic imine (C=N–C) groups is 1. The zero-order chi connectivity index (χ0) is 15.9. The minimum atomic E-state index is 0. The van der Waals surface area contributed by atoms with Crippen LogP contribution in [0.4, 0.5) is 0 Å². The van der Waals surface area contributed by atoms with Gasteiger partial charge < -0.3 is 10.2 Å². The van der Waals surface area contributed by atoms with Gasteiger partial charge >= 0.3 is 0 Å². The summed E-state index contributed by atoms with van der Waals surface area (Å²) in [6, 6.07) is 8.60. The molecule has 0 atom stereocenters. The van der Waals surface area contributed by atoms with Crippen molar-refractivity contribution in [1.82, 2.24) is 15.2 Å². The van der Waals surface area contributed by atoms with Crippen molar-refractivity contribution in [3.63, 3.8) is 0 Å². The van der Waals surface area contributed by atoms with Crippen LogP contribution in [0.1, 0.15) is 28.8 Å². The molecule has 0 radical (unpaired) electrons. The maximum Gasteiger partial charge on any atom is 0.194 e. The van der Waals surface area contributed by atoms with Gasteiger partial charge in [-0.3, -0.25) is 4.99 Å². The first-order valence-electron chi connectivity index (χ1n) is 7.53. The highest BCUT2D eigenvalue weighted by molar-refractivity contribution is 14.0. The van der Waals surface area contributed by atoms with Gasteiger partial charge in [0.1, 0.15) is 0 Å². The van der Waals surface area contributed by atoms with Crippen LogP contribution in [0.15, 0.2) is 34.6 Å². The number of thiazole rings is 1. The normalized spacial score (nSPS) is 11.0. The van der Waals surface area contributed by atoms with Crippen molar-refractivity contribution in [2.24, 2.45) is 4.99 Å². The van der Waals surface area contributed by atoms with E-state index in [4.69, 9.17) is 0 Å². The Balaban J connectivity index is 0.00000264. The fraction of sp³-hybridized carbons (Fsp3) is 0.412. The van der Waals surface area contributed by atoms with Crippen LogP contribution in [-0.2, 0) is 19.5 Å². The van der Waals surface area contributed by atoms with Gasteiger partial charge in [-0.1, -0.05) is 36.8 Å². The number of hydrogen-bond acceptors (Lipinski definition) is 3. The topological polar surface area (TPSA) is 40.5 Å². The molecule has 0 aliphatic rings. The highest BCUT2D eigenvalue weighted by Crippen LogP contribution is 2.10. The van der Waals surface area contributed by atoms with Gasteiger partial charge in [0, 0.05) is 26.0 Å². The van der Waals surface area contributed by atoms with Crippen LogP contribution in [0.25, 0.3) is 0 Å². The maximum absolute atomic E-state index is 4.57. The van der Waals surface area contributed by atoms with Crippen LogP contribution in [0.5, 0.6) is 0 Å². The third-order valence-electron chi connectivity index (χ3n) is 3.44. The van der Waals surface area contributed by atoms with E-state index in [1.165, 1.54) is 16.1 Å². The van der Waals surface area contributed by atoms with Crippen molar-refractivity contribution in [2.45, 2.75) is 33.4 Å². The Labute approximate surface area is 160 Å².